The van der Waals surface area contributed by atoms with Gasteiger partial charge in [0.1, 0.15) is 5.75 Å². The lowest BCUT2D eigenvalue weighted by Gasteiger charge is -2.22. The van der Waals surface area contributed by atoms with Crippen LogP contribution in [-0.4, -0.2) is 21.7 Å². The van der Waals surface area contributed by atoms with Gasteiger partial charge in [0.15, 0.2) is 5.76 Å². The molecule has 0 spiro atoms. The number of aromatic nitrogens is 1. The number of hydrogen-bond donors (Lipinski definition) is 1. The van der Waals surface area contributed by atoms with E-state index in [1.54, 1.807) is 12.1 Å². The van der Waals surface area contributed by atoms with Gasteiger partial charge in [0, 0.05) is 23.2 Å². The number of likely N-dealkylation sites (tertiary alicyclic amines) is 1. The molecule has 0 radical (unpaired) electrons. The van der Waals surface area contributed by atoms with Gasteiger partial charge in [-0.1, -0.05) is 30.6 Å². The van der Waals surface area contributed by atoms with E-state index in [0.717, 1.165) is 36.4 Å². The van der Waals surface area contributed by atoms with Crippen LogP contribution in [0.4, 0.5) is 0 Å². The highest BCUT2D eigenvalue weighted by atomic mass is 35.5. The minimum atomic E-state index is 0.221. The van der Waals surface area contributed by atoms with Gasteiger partial charge in [0.25, 0.3) is 0 Å². The molecule has 1 saturated heterocycles. The van der Waals surface area contributed by atoms with E-state index >= 15 is 0 Å². The molecule has 0 aliphatic carbocycles. The summed E-state index contributed by atoms with van der Waals surface area (Å²) in [5, 5.41) is 14.8. The molecule has 0 saturated carbocycles. The summed E-state index contributed by atoms with van der Waals surface area (Å²) in [6, 6.07) is 7.46. The highest BCUT2D eigenvalue weighted by Gasteiger charge is 2.30. The maximum atomic E-state index is 10.0. The summed E-state index contributed by atoms with van der Waals surface area (Å²) < 4.78 is 5.55. The number of benzene rings is 1. The minimum absolute atomic E-state index is 0.221. The topological polar surface area (TPSA) is 49.5 Å². The first-order valence-corrected chi connectivity index (χ1v) is 8.10. The Hall–Kier alpha value is -1.52. The third-order valence-corrected chi connectivity index (χ3v) is 4.48. The van der Waals surface area contributed by atoms with E-state index in [1.807, 2.05) is 6.07 Å². The zero-order chi connectivity index (χ0) is 15.7. The number of aromatic hydroxyl groups is 1. The highest BCUT2D eigenvalue weighted by molar-refractivity contribution is 6.30. The third-order valence-electron chi connectivity index (χ3n) is 4.25. The summed E-state index contributed by atoms with van der Waals surface area (Å²) in [5.74, 6) is 1.57. The van der Waals surface area contributed by atoms with E-state index in [9.17, 15) is 5.11 Å². The van der Waals surface area contributed by atoms with Crippen LogP contribution in [0.5, 0.6) is 5.75 Å². The summed E-state index contributed by atoms with van der Waals surface area (Å²) in [6.07, 6.45) is 2.16. The van der Waals surface area contributed by atoms with Crippen molar-refractivity contribution in [2.24, 2.45) is 0 Å². The molecule has 2 heterocycles. The number of rotatable bonds is 4. The van der Waals surface area contributed by atoms with Gasteiger partial charge in [-0.3, -0.25) is 4.90 Å². The average molecular weight is 321 g/mol. The quantitative estimate of drug-likeness (QED) is 0.901. The second-order valence-electron chi connectivity index (χ2n) is 6.21. The Balaban J connectivity index is 1.79. The van der Waals surface area contributed by atoms with Crippen LogP contribution in [0.2, 0.25) is 5.02 Å². The van der Waals surface area contributed by atoms with Gasteiger partial charge < -0.3 is 9.63 Å². The summed E-state index contributed by atoms with van der Waals surface area (Å²) in [4.78, 5) is 2.32. The second kappa shape index (κ2) is 6.31. The fraction of sp³-hybridized carbons (Fsp3) is 0.471. The van der Waals surface area contributed by atoms with Crippen molar-refractivity contribution in [3.63, 3.8) is 0 Å². The van der Waals surface area contributed by atoms with E-state index in [0.29, 0.717) is 17.5 Å². The van der Waals surface area contributed by atoms with Crippen LogP contribution in [-0.2, 0) is 6.54 Å². The third kappa shape index (κ3) is 3.13. The van der Waals surface area contributed by atoms with Crippen molar-refractivity contribution >= 4 is 11.6 Å². The van der Waals surface area contributed by atoms with Gasteiger partial charge in [0.05, 0.1) is 11.7 Å². The van der Waals surface area contributed by atoms with Gasteiger partial charge in [-0.05, 0) is 43.5 Å². The van der Waals surface area contributed by atoms with E-state index in [-0.39, 0.29) is 11.8 Å². The molecule has 3 rings (SSSR count). The van der Waals surface area contributed by atoms with Crippen molar-refractivity contribution < 1.29 is 9.63 Å². The number of halogens is 1. The first-order chi connectivity index (χ1) is 10.5. The molecule has 5 heteroatoms. The SMILES string of the molecule is CC(C)c1cc([C@@H]2CCCN2Cc2cc(Cl)ccc2O)on1. The summed E-state index contributed by atoms with van der Waals surface area (Å²) in [5.41, 5.74) is 1.84. The van der Waals surface area contributed by atoms with Gasteiger partial charge >= 0.3 is 0 Å². The monoisotopic (exact) mass is 320 g/mol. The van der Waals surface area contributed by atoms with E-state index in [1.165, 1.54) is 0 Å². The van der Waals surface area contributed by atoms with Crippen molar-refractivity contribution in [3.8, 4) is 5.75 Å². The van der Waals surface area contributed by atoms with Crippen LogP contribution in [0.3, 0.4) is 0 Å². The largest absolute Gasteiger partial charge is 0.508 e. The molecule has 0 amide bonds. The molecular formula is C17H21ClN2O2. The molecule has 1 N–H and O–H groups in total. The Morgan fingerprint density at radius 1 is 1.41 bits per heavy atom. The molecule has 22 heavy (non-hydrogen) atoms. The lowest BCUT2D eigenvalue weighted by molar-refractivity contribution is 0.204. The van der Waals surface area contributed by atoms with Gasteiger partial charge in [-0.2, -0.15) is 0 Å². The smallest absolute Gasteiger partial charge is 0.154 e. The van der Waals surface area contributed by atoms with Gasteiger partial charge in [-0.25, -0.2) is 0 Å². The summed E-state index contributed by atoms with van der Waals surface area (Å²) >= 11 is 6.04. The van der Waals surface area contributed by atoms with Crippen LogP contribution >= 0.6 is 11.6 Å². The molecule has 1 aliphatic heterocycles. The zero-order valence-electron chi connectivity index (χ0n) is 12.9. The van der Waals surface area contributed by atoms with Gasteiger partial charge in [-0.15, -0.1) is 0 Å². The van der Waals surface area contributed by atoms with Crippen molar-refractivity contribution in [1.82, 2.24) is 10.1 Å². The van der Waals surface area contributed by atoms with Crippen LogP contribution < -0.4 is 0 Å². The van der Waals surface area contributed by atoms with E-state index in [2.05, 4.69) is 30.0 Å². The number of hydrogen-bond acceptors (Lipinski definition) is 4. The maximum Gasteiger partial charge on any atom is 0.154 e. The van der Waals surface area contributed by atoms with Crippen LogP contribution in [0.15, 0.2) is 28.8 Å². The fourth-order valence-electron chi connectivity index (χ4n) is 2.97. The first-order valence-electron chi connectivity index (χ1n) is 7.72. The molecule has 1 aromatic carbocycles. The maximum absolute atomic E-state index is 10.0. The lowest BCUT2D eigenvalue weighted by atomic mass is 10.1. The lowest BCUT2D eigenvalue weighted by Crippen LogP contribution is -2.22. The first kappa shape index (κ1) is 15.4. The van der Waals surface area contributed by atoms with Crippen LogP contribution in [0.1, 0.15) is 55.7 Å². The number of nitrogens with zero attached hydrogens (tertiary/aromatic N) is 2. The van der Waals surface area contributed by atoms with Crippen molar-refractivity contribution in [2.45, 2.75) is 45.2 Å². The van der Waals surface area contributed by atoms with E-state index < -0.39 is 0 Å². The number of phenols is 1. The van der Waals surface area contributed by atoms with Gasteiger partial charge in [0.2, 0.25) is 0 Å². The molecule has 4 nitrogen and oxygen atoms in total. The normalized spacial score (nSPS) is 19.2. The Morgan fingerprint density at radius 3 is 2.95 bits per heavy atom. The average Bonchev–Trinajstić information content (AvgIpc) is 3.11. The Morgan fingerprint density at radius 2 is 2.23 bits per heavy atom. The molecule has 1 atom stereocenters. The number of phenolic OH excluding ortho intramolecular Hbond substituents is 1. The molecule has 0 unspecified atom stereocenters. The predicted octanol–water partition coefficient (Wildman–Crippen LogP) is 4.49. The Labute approximate surface area is 135 Å². The molecule has 1 aliphatic rings. The van der Waals surface area contributed by atoms with E-state index in [4.69, 9.17) is 16.1 Å². The second-order valence-corrected chi connectivity index (χ2v) is 6.65. The van der Waals surface area contributed by atoms with Crippen molar-refractivity contribution in [1.29, 1.82) is 0 Å². The highest BCUT2D eigenvalue weighted by Crippen LogP contribution is 2.35. The molecule has 0 bridgehead atoms. The van der Waals surface area contributed by atoms with Crippen LogP contribution in [0, 0.1) is 0 Å². The molecule has 2 aromatic rings. The Kier molecular flexibility index (Phi) is 4.41. The predicted molar refractivity (Wildman–Crippen MR) is 86.1 cm³/mol. The minimum Gasteiger partial charge on any atom is -0.508 e. The standard InChI is InChI=1S/C17H21ClN2O2/c1-11(2)14-9-17(22-19-14)15-4-3-7-20(15)10-12-8-13(18)5-6-16(12)21/h5-6,8-9,11,15,21H,3-4,7,10H2,1-2H3/t15-/m0/s1. The molecule has 1 fully saturated rings. The summed E-state index contributed by atoms with van der Waals surface area (Å²) in [6.45, 7) is 5.86. The van der Waals surface area contributed by atoms with Crippen molar-refractivity contribution in [3.05, 3.63) is 46.3 Å². The van der Waals surface area contributed by atoms with Crippen molar-refractivity contribution in [2.75, 3.05) is 6.54 Å². The Bertz CT molecular complexity index is 654. The molecular weight excluding hydrogens is 300 g/mol. The molecule has 1 aromatic heterocycles. The molecule has 118 valence electrons. The fourth-order valence-corrected chi connectivity index (χ4v) is 3.16. The van der Waals surface area contributed by atoms with Crippen LogP contribution in [0.25, 0.3) is 0 Å². The summed E-state index contributed by atoms with van der Waals surface area (Å²) in [7, 11) is 0. The zero-order valence-corrected chi connectivity index (χ0v) is 13.7.